The molecule has 0 bridgehead atoms. The van der Waals surface area contributed by atoms with Crippen LogP contribution in [0.25, 0.3) is 0 Å². The highest BCUT2D eigenvalue weighted by Crippen LogP contribution is 2.21. The van der Waals surface area contributed by atoms with Gasteiger partial charge in [-0.1, -0.05) is 18.2 Å². The predicted molar refractivity (Wildman–Crippen MR) is 101 cm³/mol. The van der Waals surface area contributed by atoms with Gasteiger partial charge in [-0.25, -0.2) is 0 Å². The molecule has 0 saturated carbocycles. The molecule has 7 nitrogen and oxygen atoms in total. The molecule has 2 aliphatic rings. The van der Waals surface area contributed by atoms with Crippen LogP contribution in [0.1, 0.15) is 44.9 Å². The number of aromatic nitrogens is 2. The summed E-state index contributed by atoms with van der Waals surface area (Å²) in [5, 5.41) is 13.6. The van der Waals surface area contributed by atoms with E-state index in [1.807, 2.05) is 23.1 Å². The molecule has 142 valence electrons. The number of carbonyl (C=O) groups is 2. The maximum absolute atomic E-state index is 13.0. The highest BCUT2D eigenvalue weighted by molar-refractivity contribution is 5.94. The lowest BCUT2D eigenvalue weighted by Gasteiger charge is -2.32. The fourth-order valence-electron chi connectivity index (χ4n) is 3.90. The van der Waals surface area contributed by atoms with Gasteiger partial charge in [0.15, 0.2) is 5.69 Å². The SMILES string of the molecule is O=C(NCC1CCCN(C(=O)c2n[nH]c3c2CNCC3)C1)c1ccccc1. The van der Waals surface area contributed by atoms with E-state index in [1.165, 1.54) is 0 Å². The Labute approximate surface area is 158 Å². The average Bonchev–Trinajstić information content (AvgIpc) is 3.16. The lowest BCUT2D eigenvalue weighted by atomic mass is 9.97. The van der Waals surface area contributed by atoms with Gasteiger partial charge in [-0.15, -0.1) is 0 Å². The standard InChI is InChI=1S/C20H25N5O2/c26-19(15-6-2-1-3-7-15)22-11-14-5-4-10-25(13-14)20(27)18-16-12-21-9-8-17(16)23-24-18/h1-3,6-7,14,21H,4-5,8-13H2,(H,22,26)(H,23,24). The Bertz CT molecular complexity index is 817. The van der Waals surface area contributed by atoms with Gasteiger partial charge in [0, 0.05) is 56.0 Å². The Balaban J connectivity index is 1.36. The van der Waals surface area contributed by atoms with E-state index in [0.29, 0.717) is 30.9 Å². The highest BCUT2D eigenvalue weighted by atomic mass is 16.2. The van der Waals surface area contributed by atoms with Crippen molar-refractivity contribution < 1.29 is 9.59 Å². The minimum atomic E-state index is -0.0634. The number of H-pyrrole nitrogens is 1. The number of nitrogens with zero attached hydrogens (tertiary/aromatic N) is 2. The fraction of sp³-hybridized carbons (Fsp3) is 0.450. The third-order valence-electron chi connectivity index (χ3n) is 5.40. The third kappa shape index (κ3) is 3.88. The third-order valence-corrected chi connectivity index (χ3v) is 5.40. The summed E-state index contributed by atoms with van der Waals surface area (Å²) in [5.74, 6) is 0.199. The van der Waals surface area contributed by atoms with Crippen molar-refractivity contribution in [3.63, 3.8) is 0 Å². The molecule has 1 fully saturated rings. The molecule has 2 amide bonds. The summed E-state index contributed by atoms with van der Waals surface area (Å²) in [6.07, 6.45) is 2.84. The van der Waals surface area contributed by atoms with E-state index in [2.05, 4.69) is 20.8 Å². The molecule has 3 N–H and O–H groups in total. The van der Waals surface area contributed by atoms with Gasteiger partial charge in [0.2, 0.25) is 0 Å². The maximum Gasteiger partial charge on any atom is 0.274 e. The van der Waals surface area contributed by atoms with E-state index in [4.69, 9.17) is 0 Å². The van der Waals surface area contributed by atoms with Crippen LogP contribution in [0.5, 0.6) is 0 Å². The molecular formula is C20H25N5O2. The van der Waals surface area contributed by atoms with Crippen molar-refractivity contribution in [2.24, 2.45) is 5.92 Å². The molecule has 0 spiro atoms. The molecule has 0 aliphatic carbocycles. The van der Waals surface area contributed by atoms with Crippen molar-refractivity contribution in [3.05, 3.63) is 52.8 Å². The molecule has 1 aromatic carbocycles. The zero-order valence-corrected chi connectivity index (χ0v) is 15.3. The second kappa shape index (κ2) is 7.92. The predicted octanol–water partition coefficient (Wildman–Crippen LogP) is 1.34. The molecule has 2 aliphatic heterocycles. The Hall–Kier alpha value is -2.67. The summed E-state index contributed by atoms with van der Waals surface area (Å²) >= 11 is 0. The van der Waals surface area contributed by atoms with E-state index >= 15 is 0 Å². The number of hydrogen-bond acceptors (Lipinski definition) is 4. The molecule has 1 aromatic heterocycles. The maximum atomic E-state index is 13.0. The summed E-state index contributed by atoms with van der Waals surface area (Å²) < 4.78 is 0. The number of carbonyl (C=O) groups excluding carboxylic acids is 2. The molecule has 1 atom stereocenters. The van der Waals surface area contributed by atoms with Crippen molar-refractivity contribution in [2.75, 3.05) is 26.2 Å². The van der Waals surface area contributed by atoms with Gasteiger partial charge in [-0.05, 0) is 30.9 Å². The Kier molecular flexibility index (Phi) is 5.20. The van der Waals surface area contributed by atoms with E-state index in [9.17, 15) is 9.59 Å². The lowest BCUT2D eigenvalue weighted by molar-refractivity contribution is 0.0663. The number of fused-ring (bicyclic) bond motifs is 1. The van der Waals surface area contributed by atoms with Crippen LogP contribution < -0.4 is 10.6 Å². The van der Waals surface area contributed by atoms with Gasteiger partial charge in [-0.2, -0.15) is 5.10 Å². The van der Waals surface area contributed by atoms with Crippen LogP contribution in [0.4, 0.5) is 0 Å². The molecule has 7 heteroatoms. The van der Waals surface area contributed by atoms with Crippen LogP contribution in [0.15, 0.2) is 30.3 Å². The summed E-state index contributed by atoms with van der Waals surface area (Å²) in [5.41, 5.74) is 3.29. The first-order chi connectivity index (χ1) is 13.2. The number of piperidine rings is 1. The summed E-state index contributed by atoms with van der Waals surface area (Å²) in [6.45, 7) is 3.59. The quantitative estimate of drug-likeness (QED) is 0.761. The second-order valence-corrected chi connectivity index (χ2v) is 7.29. The van der Waals surface area contributed by atoms with Crippen LogP contribution in [-0.4, -0.2) is 53.1 Å². The molecule has 27 heavy (non-hydrogen) atoms. The Morgan fingerprint density at radius 3 is 2.96 bits per heavy atom. The molecular weight excluding hydrogens is 342 g/mol. The van der Waals surface area contributed by atoms with Crippen LogP contribution in [0.2, 0.25) is 0 Å². The van der Waals surface area contributed by atoms with Crippen molar-refractivity contribution >= 4 is 11.8 Å². The van der Waals surface area contributed by atoms with Gasteiger partial charge in [-0.3, -0.25) is 14.7 Å². The first kappa shape index (κ1) is 17.7. The lowest BCUT2D eigenvalue weighted by Crippen LogP contribution is -2.44. The van der Waals surface area contributed by atoms with Crippen LogP contribution in [0, 0.1) is 5.92 Å². The molecule has 4 rings (SSSR count). The van der Waals surface area contributed by atoms with Crippen LogP contribution in [0.3, 0.4) is 0 Å². The Morgan fingerprint density at radius 2 is 2.11 bits per heavy atom. The van der Waals surface area contributed by atoms with Gasteiger partial charge in [0.05, 0.1) is 0 Å². The number of hydrogen-bond donors (Lipinski definition) is 3. The number of aromatic amines is 1. The normalized spacial score (nSPS) is 19.4. The van der Waals surface area contributed by atoms with Crippen LogP contribution >= 0.6 is 0 Å². The topological polar surface area (TPSA) is 90.1 Å². The smallest absolute Gasteiger partial charge is 0.274 e. The van der Waals surface area contributed by atoms with Gasteiger partial charge in [0.25, 0.3) is 11.8 Å². The van der Waals surface area contributed by atoms with E-state index in [1.54, 1.807) is 12.1 Å². The first-order valence-electron chi connectivity index (χ1n) is 9.61. The zero-order chi connectivity index (χ0) is 18.6. The summed E-state index contributed by atoms with van der Waals surface area (Å²) in [7, 11) is 0. The van der Waals surface area contributed by atoms with E-state index in [-0.39, 0.29) is 17.7 Å². The van der Waals surface area contributed by atoms with Gasteiger partial charge >= 0.3 is 0 Å². The van der Waals surface area contributed by atoms with Crippen molar-refractivity contribution in [1.29, 1.82) is 0 Å². The molecule has 1 saturated heterocycles. The molecule has 1 unspecified atom stereocenters. The minimum absolute atomic E-state index is 0.00436. The number of amides is 2. The summed E-state index contributed by atoms with van der Waals surface area (Å²) in [4.78, 5) is 27.1. The van der Waals surface area contributed by atoms with Gasteiger partial charge < -0.3 is 15.5 Å². The highest BCUT2D eigenvalue weighted by Gasteiger charge is 2.29. The number of nitrogens with one attached hydrogen (secondary N) is 3. The average molecular weight is 367 g/mol. The Morgan fingerprint density at radius 1 is 1.26 bits per heavy atom. The first-order valence-corrected chi connectivity index (χ1v) is 9.61. The van der Waals surface area contributed by atoms with Crippen molar-refractivity contribution in [3.8, 4) is 0 Å². The van der Waals surface area contributed by atoms with E-state index < -0.39 is 0 Å². The molecule has 0 radical (unpaired) electrons. The monoisotopic (exact) mass is 367 g/mol. The number of likely N-dealkylation sites (tertiary alicyclic amines) is 1. The van der Waals surface area contributed by atoms with Crippen molar-refractivity contribution in [1.82, 2.24) is 25.7 Å². The number of benzene rings is 1. The molecule has 2 aromatic rings. The zero-order valence-electron chi connectivity index (χ0n) is 15.3. The molecule has 3 heterocycles. The summed E-state index contributed by atoms with van der Waals surface area (Å²) in [6, 6.07) is 9.22. The number of rotatable bonds is 4. The van der Waals surface area contributed by atoms with Crippen LogP contribution in [-0.2, 0) is 13.0 Å². The second-order valence-electron chi connectivity index (χ2n) is 7.29. The van der Waals surface area contributed by atoms with Gasteiger partial charge in [0.1, 0.15) is 0 Å². The van der Waals surface area contributed by atoms with Crippen molar-refractivity contribution in [2.45, 2.75) is 25.8 Å². The minimum Gasteiger partial charge on any atom is -0.352 e. The van der Waals surface area contributed by atoms with E-state index in [0.717, 1.165) is 43.6 Å². The largest absolute Gasteiger partial charge is 0.352 e. The fourth-order valence-corrected chi connectivity index (χ4v) is 3.90.